The van der Waals surface area contributed by atoms with E-state index in [4.69, 9.17) is 27.6 Å². The van der Waals surface area contributed by atoms with Crippen LogP contribution in [0.5, 0.6) is 0 Å². The number of halogens is 2. The molecule has 0 atom stereocenters. The fourth-order valence-corrected chi connectivity index (χ4v) is 2.28. The molecule has 2 aromatic carbocycles. The van der Waals surface area contributed by atoms with Gasteiger partial charge in [-0.25, -0.2) is 4.98 Å². The Labute approximate surface area is 127 Å². The fraction of sp³-hybridized carbons (Fsp3) is 0.0625. The van der Waals surface area contributed by atoms with E-state index in [1.54, 1.807) is 0 Å². The second kappa shape index (κ2) is 5.31. The summed E-state index contributed by atoms with van der Waals surface area (Å²) in [6.45, 7) is 1.83. The van der Waals surface area contributed by atoms with Crippen molar-refractivity contribution in [1.29, 1.82) is 0 Å². The number of nitrogens with zero attached hydrogens (tertiary/aromatic N) is 1. The molecule has 0 aliphatic rings. The third-order valence-corrected chi connectivity index (χ3v) is 3.46. The zero-order chi connectivity index (χ0) is 14.1. The summed E-state index contributed by atoms with van der Waals surface area (Å²) in [5.74, 6) is 1.36. The van der Waals surface area contributed by atoms with E-state index in [9.17, 15) is 0 Å². The quantitative estimate of drug-likeness (QED) is 0.613. The van der Waals surface area contributed by atoms with E-state index in [0.29, 0.717) is 15.9 Å². The van der Waals surface area contributed by atoms with Gasteiger partial charge in [0.25, 0.3) is 0 Å². The summed E-state index contributed by atoms with van der Waals surface area (Å²) in [5.41, 5.74) is 2.72. The highest BCUT2D eigenvalue weighted by Gasteiger charge is 2.15. The lowest BCUT2D eigenvalue weighted by atomic mass is 10.1. The second-order valence-electron chi connectivity index (χ2n) is 4.42. The molecule has 0 aliphatic heterocycles. The molecule has 0 fully saturated rings. The van der Waals surface area contributed by atoms with Crippen molar-refractivity contribution in [1.82, 2.24) is 4.98 Å². The zero-order valence-electron chi connectivity index (χ0n) is 10.7. The van der Waals surface area contributed by atoms with E-state index >= 15 is 0 Å². The van der Waals surface area contributed by atoms with Crippen LogP contribution in [0.15, 0.2) is 52.9 Å². The van der Waals surface area contributed by atoms with Gasteiger partial charge in [0.1, 0.15) is 5.69 Å². The standard InChI is InChI=1S/C16H11Cl2NO/c1-10-19-15(11-2-6-13(17)7-3-11)16(20-10)12-4-8-14(18)9-5-12/h2-9H,1H3. The van der Waals surface area contributed by atoms with Gasteiger partial charge in [0.15, 0.2) is 11.7 Å². The largest absolute Gasteiger partial charge is 0.440 e. The predicted molar refractivity (Wildman–Crippen MR) is 82.1 cm³/mol. The highest BCUT2D eigenvalue weighted by molar-refractivity contribution is 6.31. The molecule has 0 aliphatic carbocycles. The fourth-order valence-electron chi connectivity index (χ4n) is 2.03. The van der Waals surface area contributed by atoms with Gasteiger partial charge in [0, 0.05) is 28.1 Å². The van der Waals surface area contributed by atoms with Crippen LogP contribution in [0.2, 0.25) is 10.0 Å². The lowest BCUT2D eigenvalue weighted by molar-refractivity contribution is 0.534. The number of hydrogen-bond donors (Lipinski definition) is 0. The molecule has 1 aromatic heterocycles. The molecule has 0 unspecified atom stereocenters. The molecule has 1 heterocycles. The van der Waals surface area contributed by atoms with Crippen LogP contribution in [0.3, 0.4) is 0 Å². The summed E-state index contributed by atoms with van der Waals surface area (Å²) in [4.78, 5) is 4.47. The molecule has 3 aromatic rings. The van der Waals surface area contributed by atoms with E-state index < -0.39 is 0 Å². The normalized spacial score (nSPS) is 10.8. The lowest BCUT2D eigenvalue weighted by Gasteiger charge is -2.02. The van der Waals surface area contributed by atoms with Crippen molar-refractivity contribution in [3.8, 4) is 22.6 Å². The van der Waals surface area contributed by atoms with Crippen molar-refractivity contribution in [3.05, 3.63) is 64.5 Å². The van der Waals surface area contributed by atoms with Gasteiger partial charge in [0.05, 0.1) is 0 Å². The van der Waals surface area contributed by atoms with Crippen molar-refractivity contribution in [2.24, 2.45) is 0 Å². The van der Waals surface area contributed by atoms with E-state index in [0.717, 1.165) is 22.6 Å². The summed E-state index contributed by atoms with van der Waals surface area (Å²) in [6, 6.07) is 15.0. The monoisotopic (exact) mass is 303 g/mol. The van der Waals surface area contributed by atoms with E-state index in [-0.39, 0.29) is 0 Å². The number of oxazole rings is 1. The Kier molecular flexibility index (Phi) is 3.51. The van der Waals surface area contributed by atoms with Crippen LogP contribution in [-0.4, -0.2) is 4.98 Å². The average molecular weight is 304 g/mol. The van der Waals surface area contributed by atoms with E-state index in [2.05, 4.69) is 4.98 Å². The van der Waals surface area contributed by atoms with E-state index in [1.807, 2.05) is 55.5 Å². The first-order valence-corrected chi connectivity index (χ1v) is 6.88. The minimum atomic E-state index is 0.625. The lowest BCUT2D eigenvalue weighted by Crippen LogP contribution is -1.82. The maximum absolute atomic E-state index is 5.92. The van der Waals surface area contributed by atoms with Crippen molar-refractivity contribution in [2.45, 2.75) is 6.92 Å². The van der Waals surface area contributed by atoms with Gasteiger partial charge in [-0.1, -0.05) is 35.3 Å². The van der Waals surface area contributed by atoms with Gasteiger partial charge in [-0.3, -0.25) is 0 Å². The molecule has 0 amide bonds. The Hall–Kier alpha value is -1.77. The minimum Gasteiger partial charge on any atom is -0.440 e. The van der Waals surface area contributed by atoms with Crippen LogP contribution in [0.25, 0.3) is 22.6 Å². The number of aryl methyl sites for hydroxylation is 1. The molecule has 4 heteroatoms. The van der Waals surface area contributed by atoms with Gasteiger partial charge < -0.3 is 4.42 Å². The maximum Gasteiger partial charge on any atom is 0.192 e. The van der Waals surface area contributed by atoms with Gasteiger partial charge >= 0.3 is 0 Å². The smallest absolute Gasteiger partial charge is 0.192 e. The van der Waals surface area contributed by atoms with Crippen LogP contribution in [0.1, 0.15) is 5.89 Å². The highest BCUT2D eigenvalue weighted by Crippen LogP contribution is 2.33. The molecule has 0 radical (unpaired) electrons. The summed E-state index contributed by atoms with van der Waals surface area (Å²) in [5, 5.41) is 1.39. The first kappa shape index (κ1) is 13.2. The number of rotatable bonds is 2. The SMILES string of the molecule is Cc1nc(-c2ccc(Cl)cc2)c(-c2ccc(Cl)cc2)o1. The van der Waals surface area contributed by atoms with Gasteiger partial charge in [-0.05, 0) is 36.4 Å². The molecule has 0 saturated carbocycles. The maximum atomic E-state index is 5.92. The summed E-state index contributed by atoms with van der Waals surface area (Å²) >= 11 is 11.8. The van der Waals surface area contributed by atoms with Crippen molar-refractivity contribution in [3.63, 3.8) is 0 Å². The second-order valence-corrected chi connectivity index (χ2v) is 5.30. The predicted octanol–water partition coefficient (Wildman–Crippen LogP) is 5.62. The van der Waals surface area contributed by atoms with Crippen molar-refractivity contribution < 1.29 is 4.42 Å². The molecule has 20 heavy (non-hydrogen) atoms. The summed E-state index contributed by atoms with van der Waals surface area (Å²) < 4.78 is 5.74. The first-order chi connectivity index (χ1) is 9.63. The topological polar surface area (TPSA) is 26.0 Å². The number of hydrogen-bond acceptors (Lipinski definition) is 2. The Balaban J connectivity index is 2.12. The zero-order valence-corrected chi connectivity index (χ0v) is 12.2. The minimum absolute atomic E-state index is 0.625. The number of aromatic nitrogens is 1. The molecule has 100 valence electrons. The molecule has 3 rings (SSSR count). The van der Waals surface area contributed by atoms with Crippen LogP contribution in [0.4, 0.5) is 0 Å². The van der Waals surface area contributed by atoms with Crippen molar-refractivity contribution in [2.75, 3.05) is 0 Å². The third-order valence-electron chi connectivity index (χ3n) is 2.96. The first-order valence-electron chi connectivity index (χ1n) is 6.13. The van der Waals surface area contributed by atoms with Gasteiger partial charge in [0.2, 0.25) is 0 Å². The molecule has 0 saturated heterocycles. The Morgan fingerprint density at radius 1 is 0.800 bits per heavy atom. The van der Waals surface area contributed by atoms with Gasteiger partial charge in [-0.15, -0.1) is 0 Å². The molecule has 0 spiro atoms. The average Bonchev–Trinajstić information content (AvgIpc) is 2.82. The number of benzene rings is 2. The molecule has 2 nitrogen and oxygen atoms in total. The van der Waals surface area contributed by atoms with Crippen LogP contribution >= 0.6 is 23.2 Å². The molecular weight excluding hydrogens is 293 g/mol. The van der Waals surface area contributed by atoms with Crippen molar-refractivity contribution >= 4 is 23.2 Å². The molecule has 0 bridgehead atoms. The third kappa shape index (κ3) is 2.58. The Morgan fingerprint density at radius 2 is 1.30 bits per heavy atom. The van der Waals surface area contributed by atoms with Crippen LogP contribution in [-0.2, 0) is 0 Å². The van der Waals surface area contributed by atoms with E-state index in [1.165, 1.54) is 0 Å². The molecule has 0 N–H and O–H groups in total. The summed E-state index contributed by atoms with van der Waals surface area (Å²) in [6.07, 6.45) is 0. The van der Waals surface area contributed by atoms with Gasteiger partial charge in [-0.2, -0.15) is 0 Å². The Bertz CT molecular complexity index is 667. The highest BCUT2D eigenvalue weighted by atomic mass is 35.5. The molecular formula is C16H11Cl2NO. The Morgan fingerprint density at radius 3 is 1.85 bits per heavy atom. The summed E-state index contributed by atoms with van der Waals surface area (Å²) in [7, 11) is 0. The van der Waals surface area contributed by atoms with Crippen LogP contribution < -0.4 is 0 Å². The van der Waals surface area contributed by atoms with Crippen LogP contribution in [0, 0.1) is 6.92 Å².